The van der Waals surface area contributed by atoms with Crippen molar-refractivity contribution in [2.75, 3.05) is 11.9 Å². The number of carbonyl (C=O) groups is 1. The van der Waals surface area contributed by atoms with Gasteiger partial charge in [0, 0.05) is 12.7 Å². The molecule has 0 aliphatic heterocycles. The van der Waals surface area contributed by atoms with Gasteiger partial charge in [-0.3, -0.25) is 4.79 Å². The SMILES string of the molecule is Cc1ccccc1N(C)C(=O)C(C)(C)Br. The minimum atomic E-state index is -0.524. The predicted octanol–water partition coefficient (Wildman–Crippen LogP) is 3.13. The number of benzene rings is 1. The summed E-state index contributed by atoms with van der Waals surface area (Å²) in [6, 6.07) is 7.86. The van der Waals surface area contributed by atoms with E-state index in [1.807, 2.05) is 45.0 Å². The number of rotatable bonds is 2. The molecule has 0 spiro atoms. The summed E-state index contributed by atoms with van der Waals surface area (Å²) in [5, 5.41) is 0. The molecule has 15 heavy (non-hydrogen) atoms. The van der Waals surface area contributed by atoms with Crippen LogP contribution in [0.4, 0.5) is 5.69 Å². The molecule has 0 aliphatic rings. The lowest BCUT2D eigenvalue weighted by atomic mass is 10.1. The lowest BCUT2D eigenvalue weighted by Crippen LogP contribution is -2.39. The van der Waals surface area contributed by atoms with Gasteiger partial charge in [0.15, 0.2) is 0 Å². The summed E-state index contributed by atoms with van der Waals surface area (Å²) in [6.45, 7) is 5.70. The van der Waals surface area contributed by atoms with Gasteiger partial charge in [0.05, 0.1) is 4.32 Å². The van der Waals surface area contributed by atoms with Crippen molar-refractivity contribution >= 4 is 27.5 Å². The highest BCUT2D eigenvalue weighted by atomic mass is 79.9. The molecule has 0 atom stereocenters. The van der Waals surface area contributed by atoms with Gasteiger partial charge in [-0.25, -0.2) is 0 Å². The summed E-state index contributed by atoms with van der Waals surface area (Å²) < 4.78 is -0.524. The standard InChI is InChI=1S/C12H16BrNO/c1-9-7-5-6-8-10(9)14(4)11(15)12(2,3)13/h5-8H,1-4H3. The molecule has 1 amide bonds. The van der Waals surface area contributed by atoms with E-state index >= 15 is 0 Å². The van der Waals surface area contributed by atoms with E-state index < -0.39 is 4.32 Å². The summed E-state index contributed by atoms with van der Waals surface area (Å²) in [6.07, 6.45) is 0. The van der Waals surface area contributed by atoms with Crippen LogP contribution in [0.3, 0.4) is 0 Å². The molecule has 1 rings (SSSR count). The first-order valence-electron chi connectivity index (χ1n) is 4.86. The van der Waals surface area contributed by atoms with Crippen LogP contribution < -0.4 is 4.90 Å². The Bertz CT molecular complexity index is 368. The van der Waals surface area contributed by atoms with Gasteiger partial charge in [0.25, 0.3) is 0 Å². The Hall–Kier alpha value is -0.830. The Labute approximate surface area is 99.4 Å². The number of halogens is 1. The third-order valence-electron chi connectivity index (χ3n) is 2.29. The minimum absolute atomic E-state index is 0.0526. The van der Waals surface area contributed by atoms with Gasteiger partial charge in [-0.1, -0.05) is 34.1 Å². The molecule has 0 radical (unpaired) electrons. The predicted molar refractivity (Wildman–Crippen MR) is 67.6 cm³/mol. The molecular weight excluding hydrogens is 254 g/mol. The normalized spacial score (nSPS) is 11.3. The lowest BCUT2D eigenvalue weighted by molar-refractivity contribution is -0.119. The average molecular weight is 270 g/mol. The van der Waals surface area contributed by atoms with E-state index in [-0.39, 0.29) is 5.91 Å². The van der Waals surface area contributed by atoms with Crippen molar-refractivity contribution in [3.63, 3.8) is 0 Å². The number of carbonyl (C=O) groups excluding carboxylic acids is 1. The largest absolute Gasteiger partial charge is 0.314 e. The van der Waals surface area contributed by atoms with Crippen molar-refractivity contribution in [2.24, 2.45) is 0 Å². The van der Waals surface area contributed by atoms with Crippen LogP contribution in [0.2, 0.25) is 0 Å². The Morgan fingerprint density at radius 3 is 2.33 bits per heavy atom. The van der Waals surface area contributed by atoms with Crippen molar-refractivity contribution in [2.45, 2.75) is 25.1 Å². The first kappa shape index (κ1) is 12.2. The van der Waals surface area contributed by atoms with Crippen molar-refractivity contribution in [1.29, 1.82) is 0 Å². The van der Waals surface area contributed by atoms with E-state index in [4.69, 9.17) is 0 Å². The smallest absolute Gasteiger partial charge is 0.243 e. The zero-order chi connectivity index (χ0) is 11.6. The average Bonchev–Trinajstić information content (AvgIpc) is 2.15. The third kappa shape index (κ3) is 2.81. The molecule has 3 heteroatoms. The second kappa shape index (κ2) is 4.35. The van der Waals surface area contributed by atoms with Gasteiger partial charge in [-0.2, -0.15) is 0 Å². The zero-order valence-electron chi connectivity index (χ0n) is 9.54. The number of anilines is 1. The van der Waals surface area contributed by atoms with Gasteiger partial charge in [-0.15, -0.1) is 0 Å². The van der Waals surface area contributed by atoms with Crippen molar-refractivity contribution in [1.82, 2.24) is 0 Å². The van der Waals surface area contributed by atoms with Crippen LogP contribution in [0.25, 0.3) is 0 Å². The van der Waals surface area contributed by atoms with E-state index in [2.05, 4.69) is 15.9 Å². The molecule has 0 saturated heterocycles. The number of alkyl halides is 1. The van der Waals surface area contributed by atoms with Crippen LogP contribution >= 0.6 is 15.9 Å². The molecule has 0 unspecified atom stereocenters. The summed E-state index contributed by atoms with van der Waals surface area (Å²) in [7, 11) is 1.80. The molecular formula is C12H16BrNO. The van der Waals surface area contributed by atoms with Crippen molar-refractivity contribution in [3.8, 4) is 0 Å². The first-order valence-corrected chi connectivity index (χ1v) is 5.66. The molecule has 1 aromatic rings. The van der Waals surface area contributed by atoms with E-state index in [1.54, 1.807) is 11.9 Å². The first-order chi connectivity index (χ1) is 6.84. The molecule has 0 aromatic heterocycles. The second-order valence-corrected chi connectivity index (χ2v) is 6.11. The lowest BCUT2D eigenvalue weighted by Gasteiger charge is -2.25. The van der Waals surface area contributed by atoms with Crippen LogP contribution in [-0.4, -0.2) is 17.3 Å². The van der Waals surface area contributed by atoms with E-state index in [0.717, 1.165) is 11.3 Å². The molecule has 0 heterocycles. The fourth-order valence-corrected chi connectivity index (χ4v) is 1.71. The molecule has 1 aromatic carbocycles. The number of aryl methyl sites for hydroxylation is 1. The summed E-state index contributed by atoms with van der Waals surface area (Å²) in [5.41, 5.74) is 2.06. The maximum atomic E-state index is 12.0. The quantitative estimate of drug-likeness (QED) is 0.756. The molecule has 0 fully saturated rings. The number of para-hydroxylation sites is 1. The highest BCUT2D eigenvalue weighted by Crippen LogP contribution is 2.24. The van der Waals surface area contributed by atoms with Crippen molar-refractivity contribution in [3.05, 3.63) is 29.8 Å². The molecule has 82 valence electrons. The Balaban J connectivity index is 3.01. The van der Waals surface area contributed by atoms with E-state index in [1.165, 1.54) is 0 Å². The van der Waals surface area contributed by atoms with Crippen LogP contribution in [0, 0.1) is 6.92 Å². The maximum Gasteiger partial charge on any atom is 0.243 e. The molecule has 2 nitrogen and oxygen atoms in total. The third-order valence-corrected chi connectivity index (χ3v) is 2.63. The van der Waals surface area contributed by atoms with E-state index in [0.29, 0.717) is 0 Å². The molecule has 0 aliphatic carbocycles. The van der Waals surface area contributed by atoms with Gasteiger partial charge < -0.3 is 4.90 Å². The number of hydrogen-bond acceptors (Lipinski definition) is 1. The van der Waals surface area contributed by atoms with Crippen LogP contribution in [0.1, 0.15) is 19.4 Å². The Morgan fingerprint density at radius 2 is 1.87 bits per heavy atom. The fraction of sp³-hybridized carbons (Fsp3) is 0.417. The Kier molecular flexibility index (Phi) is 3.55. The maximum absolute atomic E-state index is 12.0. The van der Waals surface area contributed by atoms with E-state index in [9.17, 15) is 4.79 Å². The van der Waals surface area contributed by atoms with Gasteiger partial charge in [0.2, 0.25) is 5.91 Å². The summed E-state index contributed by atoms with van der Waals surface area (Å²) >= 11 is 3.38. The Morgan fingerprint density at radius 1 is 1.33 bits per heavy atom. The van der Waals surface area contributed by atoms with Crippen molar-refractivity contribution < 1.29 is 4.79 Å². The van der Waals surface area contributed by atoms with Gasteiger partial charge in [-0.05, 0) is 32.4 Å². The van der Waals surface area contributed by atoms with Crippen LogP contribution in [-0.2, 0) is 4.79 Å². The van der Waals surface area contributed by atoms with Gasteiger partial charge in [0.1, 0.15) is 0 Å². The molecule has 0 bridgehead atoms. The highest BCUT2D eigenvalue weighted by molar-refractivity contribution is 9.10. The fourth-order valence-electron chi connectivity index (χ4n) is 1.45. The topological polar surface area (TPSA) is 20.3 Å². The summed E-state index contributed by atoms with van der Waals surface area (Å²) in [5.74, 6) is 0.0526. The summed E-state index contributed by atoms with van der Waals surface area (Å²) in [4.78, 5) is 13.7. The van der Waals surface area contributed by atoms with Crippen LogP contribution in [0.5, 0.6) is 0 Å². The molecule has 0 N–H and O–H groups in total. The van der Waals surface area contributed by atoms with Gasteiger partial charge >= 0.3 is 0 Å². The van der Waals surface area contributed by atoms with Crippen LogP contribution in [0.15, 0.2) is 24.3 Å². The molecule has 0 saturated carbocycles. The number of nitrogens with zero attached hydrogens (tertiary/aromatic N) is 1. The monoisotopic (exact) mass is 269 g/mol. The number of amides is 1. The number of hydrogen-bond donors (Lipinski definition) is 0. The zero-order valence-corrected chi connectivity index (χ0v) is 11.1. The second-order valence-electron chi connectivity index (χ2n) is 4.12. The minimum Gasteiger partial charge on any atom is -0.314 e. The highest BCUT2D eigenvalue weighted by Gasteiger charge is 2.28.